The molecule has 192 valence electrons. The summed E-state index contributed by atoms with van der Waals surface area (Å²) in [7, 11) is 0. The van der Waals surface area contributed by atoms with Crippen molar-refractivity contribution in [2.75, 3.05) is 6.54 Å². The van der Waals surface area contributed by atoms with Crippen LogP contribution >= 0.6 is 0 Å². The van der Waals surface area contributed by atoms with Gasteiger partial charge in [-0.15, -0.1) is 0 Å². The predicted molar refractivity (Wildman–Crippen MR) is 137 cm³/mol. The Morgan fingerprint density at radius 3 is 2.57 bits per heavy atom. The van der Waals surface area contributed by atoms with Crippen molar-refractivity contribution >= 4 is 17.7 Å². The van der Waals surface area contributed by atoms with Crippen LogP contribution in [0.15, 0.2) is 60.8 Å². The molecule has 0 aliphatic carbocycles. The number of carbonyl (C=O) groups is 3. The molecule has 0 saturated carbocycles. The van der Waals surface area contributed by atoms with Crippen LogP contribution < -0.4 is 5.32 Å². The molecule has 0 radical (unpaired) electrons. The summed E-state index contributed by atoms with van der Waals surface area (Å²) >= 11 is 0. The maximum absolute atomic E-state index is 13.8. The van der Waals surface area contributed by atoms with E-state index in [-0.39, 0.29) is 36.6 Å². The third-order valence-electron chi connectivity index (χ3n) is 7.17. The van der Waals surface area contributed by atoms with Gasteiger partial charge in [-0.3, -0.25) is 19.5 Å². The fourth-order valence-electron chi connectivity index (χ4n) is 5.28. The van der Waals surface area contributed by atoms with E-state index in [1.54, 1.807) is 17.2 Å². The number of nitrogens with one attached hydrogen (secondary N) is 2. The van der Waals surface area contributed by atoms with Crippen molar-refractivity contribution in [2.24, 2.45) is 5.92 Å². The van der Waals surface area contributed by atoms with Crippen LogP contribution in [0.1, 0.15) is 41.8 Å². The molecule has 5 rings (SSSR count). The summed E-state index contributed by atoms with van der Waals surface area (Å²) in [5.74, 6) is -0.972. The van der Waals surface area contributed by atoms with Gasteiger partial charge in [-0.05, 0) is 34.7 Å². The van der Waals surface area contributed by atoms with Crippen molar-refractivity contribution < 1.29 is 19.5 Å². The SMILES string of the molecule is CC(C)C(C(=O)N1C[C@H](O)C[C@H]1C(=O)NCc1ccc(-c2ccn[nH]2)cc1)N1Cc2ccccc2C1=O. The molecule has 0 bridgehead atoms. The number of H-pyrrole nitrogens is 1. The Labute approximate surface area is 215 Å². The molecule has 2 aromatic carbocycles. The molecule has 1 saturated heterocycles. The number of amides is 3. The number of aromatic nitrogens is 2. The summed E-state index contributed by atoms with van der Waals surface area (Å²) in [6, 6.07) is 15.5. The molecule has 1 aromatic heterocycles. The van der Waals surface area contributed by atoms with E-state index in [0.29, 0.717) is 18.7 Å². The smallest absolute Gasteiger partial charge is 0.255 e. The zero-order valence-corrected chi connectivity index (χ0v) is 20.9. The average molecular weight is 502 g/mol. The minimum Gasteiger partial charge on any atom is -0.391 e. The number of β-amino-alcohol motifs (C(OH)–C–C–N with tert-alkyl or cyclic N) is 1. The first-order chi connectivity index (χ1) is 17.8. The third-order valence-corrected chi connectivity index (χ3v) is 7.17. The second kappa shape index (κ2) is 10.2. The van der Waals surface area contributed by atoms with Crippen molar-refractivity contribution in [3.63, 3.8) is 0 Å². The second-order valence-corrected chi connectivity index (χ2v) is 10.1. The van der Waals surface area contributed by atoms with Gasteiger partial charge in [0.15, 0.2) is 0 Å². The van der Waals surface area contributed by atoms with Crippen molar-refractivity contribution in [3.05, 3.63) is 77.5 Å². The van der Waals surface area contributed by atoms with Crippen LogP contribution in [-0.4, -0.2) is 67.6 Å². The zero-order chi connectivity index (χ0) is 26.1. The lowest BCUT2D eigenvalue weighted by Gasteiger charge is -2.35. The first kappa shape index (κ1) is 24.7. The molecule has 2 aliphatic heterocycles. The van der Waals surface area contributed by atoms with Crippen molar-refractivity contribution in [1.82, 2.24) is 25.3 Å². The van der Waals surface area contributed by atoms with Gasteiger partial charge in [0.25, 0.3) is 5.91 Å². The van der Waals surface area contributed by atoms with Crippen LogP contribution in [0.2, 0.25) is 0 Å². The summed E-state index contributed by atoms with van der Waals surface area (Å²) in [4.78, 5) is 43.1. The molecule has 3 heterocycles. The van der Waals surface area contributed by atoms with Gasteiger partial charge in [0.05, 0.1) is 11.8 Å². The number of likely N-dealkylation sites (tertiary alicyclic amines) is 1. The Balaban J connectivity index is 1.27. The molecule has 9 nitrogen and oxygen atoms in total. The van der Waals surface area contributed by atoms with E-state index in [0.717, 1.165) is 22.4 Å². The lowest BCUT2D eigenvalue weighted by Crippen LogP contribution is -2.55. The van der Waals surface area contributed by atoms with Crippen molar-refractivity contribution in [2.45, 2.75) is 51.5 Å². The summed E-state index contributed by atoms with van der Waals surface area (Å²) in [6.45, 7) is 4.50. The zero-order valence-electron chi connectivity index (χ0n) is 20.9. The number of aromatic amines is 1. The highest BCUT2D eigenvalue weighted by molar-refractivity contribution is 6.01. The highest BCUT2D eigenvalue weighted by Gasteiger charge is 2.45. The molecule has 9 heteroatoms. The molecule has 37 heavy (non-hydrogen) atoms. The Morgan fingerprint density at radius 2 is 1.89 bits per heavy atom. The van der Waals surface area contributed by atoms with Crippen LogP contribution in [-0.2, 0) is 22.7 Å². The van der Waals surface area contributed by atoms with Gasteiger partial charge < -0.3 is 20.2 Å². The number of carbonyl (C=O) groups excluding carboxylic acids is 3. The maximum atomic E-state index is 13.8. The topological polar surface area (TPSA) is 119 Å². The van der Waals surface area contributed by atoms with E-state index in [9.17, 15) is 19.5 Å². The molecular weight excluding hydrogens is 470 g/mol. The van der Waals surface area contributed by atoms with Crippen LogP contribution in [0.25, 0.3) is 11.3 Å². The fraction of sp³-hybridized carbons (Fsp3) is 0.357. The first-order valence-corrected chi connectivity index (χ1v) is 12.6. The summed E-state index contributed by atoms with van der Waals surface area (Å²) < 4.78 is 0. The molecular formula is C28H31N5O4. The van der Waals surface area contributed by atoms with Gasteiger partial charge in [-0.25, -0.2) is 0 Å². The molecule has 1 unspecified atom stereocenters. The highest BCUT2D eigenvalue weighted by Crippen LogP contribution is 2.30. The average Bonchev–Trinajstić information content (AvgIpc) is 3.63. The van der Waals surface area contributed by atoms with Crippen molar-refractivity contribution in [1.29, 1.82) is 0 Å². The Bertz CT molecular complexity index is 1290. The third kappa shape index (κ3) is 4.86. The monoisotopic (exact) mass is 501 g/mol. The molecule has 3 aromatic rings. The van der Waals surface area contributed by atoms with Gasteiger partial charge in [0.2, 0.25) is 11.8 Å². The number of hydrogen-bond acceptors (Lipinski definition) is 5. The van der Waals surface area contributed by atoms with Crippen LogP contribution in [0.3, 0.4) is 0 Å². The normalized spacial score (nSPS) is 19.8. The molecule has 3 amide bonds. The number of nitrogens with zero attached hydrogens (tertiary/aromatic N) is 3. The van der Waals surface area contributed by atoms with Gasteiger partial charge >= 0.3 is 0 Å². The number of aliphatic hydroxyl groups is 1. The van der Waals surface area contributed by atoms with Gasteiger partial charge in [0.1, 0.15) is 12.1 Å². The second-order valence-electron chi connectivity index (χ2n) is 10.1. The number of fused-ring (bicyclic) bond motifs is 1. The lowest BCUT2D eigenvalue weighted by atomic mass is 10.0. The van der Waals surface area contributed by atoms with E-state index in [1.165, 1.54) is 4.90 Å². The molecule has 0 spiro atoms. The van der Waals surface area contributed by atoms with Crippen LogP contribution in [0, 0.1) is 5.92 Å². The minimum absolute atomic E-state index is 0.0635. The molecule has 1 fully saturated rings. The number of aliphatic hydroxyl groups excluding tert-OH is 1. The Hall–Kier alpha value is -3.98. The largest absolute Gasteiger partial charge is 0.391 e. The van der Waals surface area contributed by atoms with Crippen LogP contribution in [0.5, 0.6) is 0 Å². The van der Waals surface area contributed by atoms with E-state index >= 15 is 0 Å². The molecule has 3 N–H and O–H groups in total. The maximum Gasteiger partial charge on any atom is 0.255 e. The quantitative estimate of drug-likeness (QED) is 0.459. The Kier molecular flexibility index (Phi) is 6.80. The predicted octanol–water partition coefficient (Wildman–Crippen LogP) is 2.34. The summed E-state index contributed by atoms with van der Waals surface area (Å²) in [5, 5.41) is 20.2. The van der Waals surface area contributed by atoms with E-state index in [1.807, 2.05) is 62.4 Å². The number of benzene rings is 2. The van der Waals surface area contributed by atoms with E-state index in [4.69, 9.17) is 0 Å². The number of rotatable bonds is 7. The first-order valence-electron chi connectivity index (χ1n) is 12.6. The Morgan fingerprint density at radius 1 is 1.14 bits per heavy atom. The summed E-state index contributed by atoms with van der Waals surface area (Å²) in [6.07, 6.45) is 1.05. The standard InChI is InChI=1S/C28H31N5O4/c1-17(2)25(33-15-20-5-3-4-6-22(20)27(33)36)28(37)32-16-21(34)13-24(32)26(35)29-14-18-7-9-19(10-8-18)23-11-12-30-31-23/h3-12,17,21,24-25,34H,13-16H2,1-2H3,(H,29,35)(H,30,31)/t21-,24+,25?/m1/s1. The van der Waals surface area contributed by atoms with Crippen molar-refractivity contribution in [3.8, 4) is 11.3 Å². The summed E-state index contributed by atoms with van der Waals surface area (Å²) in [5.41, 5.74) is 4.30. The van der Waals surface area contributed by atoms with Gasteiger partial charge in [-0.2, -0.15) is 5.10 Å². The molecule has 3 atom stereocenters. The van der Waals surface area contributed by atoms with Crippen LogP contribution in [0.4, 0.5) is 0 Å². The number of hydrogen-bond donors (Lipinski definition) is 3. The fourth-order valence-corrected chi connectivity index (χ4v) is 5.28. The molecule has 2 aliphatic rings. The van der Waals surface area contributed by atoms with Gasteiger partial charge in [-0.1, -0.05) is 56.3 Å². The van der Waals surface area contributed by atoms with E-state index in [2.05, 4.69) is 15.5 Å². The minimum atomic E-state index is -0.798. The van der Waals surface area contributed by atoms with E-state index < -0.39 is 18.2 Å². The lowest BCUT2D eigenvalue weighted by molar-refractivity contribution is -0.143. The highest BCUT2D eigenvalue weighted by atomic mass is 16.3. The van der Waals surface area contributed by atoms with Gasteiger partial charge in [0, 0.05) is 37.8 Å².